The van der Waals surface area contributed by atoms with Crippen molar-refractivity contribution in [2.24, 2.45) is 0 Å². The molecule has 0 aliphatic heterocycles. The van der Waals surface area contributed by atoms with Gasteiger partial charge in [0.25, 0.3) is 6.04 Å². The number of nitrogens with zero attached hydrogens (tertiary/aromatic N) is 2. The Kier molecular flexibility index (Phi) is 1.72. The summed E-state index contributed by atoms with van der Waals surface area (Å²) in [5.41, 5.74) is 0.825. The number of hydrogen-bond donors (Lipinski definition) is 0. The third-order valence-corrected chi connectivity index (χ3v) is 1.25. The van der Waals surface area contributed by atoms with Gasteiger partial charge >= 0.3 is 0 Å². The van der Waals surface area contributed by atoms with Gasteiger partial charge in [0.2, 0.25) is 5.76 Å². The van der Waals surface area contributed by atoms with Gasteiger partial charge in [-0.25, -0.2) is 6.57 Å². The summed E-state index contributed by atoms with van der Waals surface area (Å²) < 4.78 is 4.85. The van der Waals surface area contributed by atoms with Crippen molar-refractivity contribution in [2.75, 3.05) is 0 Å². The van der Waals surface area contributed by atoms with Crippen LogP contribution in [-0.2, 0) is 0 Å². The van der Waals surface area contributed by atoms with Gasteiger partial charge < -0.3 is 9.37 Å². The van der Waals surface area contributed by atoms with Gasteiger partial charge in [-0.3, -0.25) is 0 Å². The fourth-order valence-corrected chi connectivity index (χ4v) is 0.644. The van der Waals surface area contributed by atoms with Crippen LogP contribution in [0.25, 0.3) is 4.85 Å². The first-order valence-electron chi connectivity index (χ1n) is 3.04. The number of aromatic nitrogens is 1. The fourth-order valence-electron chi connectivity index (χ4n) is 0.644. The van der Waals surface area contributed by atoms with E-state index in [4.69, 9.17) is 11.1 Å². The molecule has 1 rings (SSSR count). The molecule has 0 saturated carbocycles. The minimum Gasteiger partial charge on any atom is -0.353 e. The monoisotopic (exact) mass is 136 g/mol. The van der Waals surface area contributed by atoms with Gasteiger partial charge in [0.05, 0.1) is 5.69 Å². The molecule has 0 fully saturated rings. The molecule has 1 aromatic heterocycles. The molecule has 0 spiro atoms. The van der Waals surface area contributed by atoms with E-state index in [9.17, 15) is 0 Å². The van der Waals surface area contributed by atoms with Crippen molar-refractivity contribution in [3.63, 3.8) is 0 Å². The second kappa shape index (κ2) is 2.53. The second-order valence-electron chi connectivity index (χ2n) is 2.18. The molecule has 1 atom stereocenters. The normalized spacial score (nSPS) is 12.5. The summed E-state index contributed by atoms with van der Waals surface area (Å²) >= 11 is 0. The van der Waals surface area contributed by atoms with E-state index >= 15 is 0 Å². The van der Waals surface area contributed by atoms with Gasteiger partial charge in [0.1, 0.15) is 0 Å². The molecule has 0 aliphatic rings. The lowest BCUT2D eigenvalue weighted by Crippen LogP contribution is -1.80. The minimum absolute atomic E-state index is 0.207. The lowest BCUT2D eigenvalue weighted by Gasteiger charge is -1.87. The van der Waals surface area contributed by atoms with Gasteiger partial charge in [0, 0.05) is 13.0 Å². The smallest absolute Gasteiger partial charge is 0.280 e. The Bertz CT molecular complexity index is 259. The maximum atomic E-state index is 6.69. The summed E-state index contributed by atoms with van der Waals surface area (Å²) in [7, 11) is 0. The lowest BCUT2D eigenvalue weighted by atomic mass is 10.2. The predicted octanol–water partition coefficient (Wildman–Crippen LogP) is 1.96. The lowest BCUT2D eigenvalue weighted by molar-refractivity contribution is 0.373. The molecule has 3 nitrogen and oxygen atoms in total. The Balaban J connectivity index is 2.87. The Labute approximate surface area is 59.5 Å². The van der Waals surface area contributed by atoms with Gasteiger partial charge in [-0.15, -0.1) is 0 Å². The second-order valence-corrected chi connectivity index (χ2v) is 2.18. The molecule has 10 heavy (non-hydrogen) atoms. The highest BCUT2D eigenvalue weighted by atomic mass is 16.5. The Morgan fingerprint density at radius 2 is 2.50 bits per heavy atom. The number of aryl methyl sites for hydroxylation is 1. The summed E-state index contributed by atoms with van der Waals surface area (Å²) in [6.45, 7) is 10.3. The molecule has 0 aromatic carbocycles. The van der Waals surface area contributed by atoms with Crippen LogP contribution in [-0.4, -0.2) is 5.16 Å². The number of rotatable bonds is 1. The van der Waals surface area contributed by atoms with Crippen molar-refractivity contribution >= 4 is 0 Å². The van der Waals surface area contributed by atoms with E-state index < -0.39 is 0 Å². The van der Waals surface area contributed by atoms with Crippen LogP contribution in [0.1, 0.15) is 24.4 Å². The van der Waals surface area contributed by atoms with Crippen LogP contribution >= 0.6 is 0 Å². The average Bonchev–Trinajstić information content (AvgIpc) is 2.34. The summed E-state index contributed by atoms with van der Waals surface area (Å²) in [4.78, 5) is 3.29. The zero-order valence-corrected chi connectivity index (χ0v) is 5.96. The van der Waals surface area contributed by atoms with E-state index in [2.05, 4.69) is 10.0 Å². The molecular formula is C7H8N2O. The van der Waals surface area contributed by atoms with Crippen LogP contribution < -0.4 is 0 Å². The molecule has 1 heterocycles. The first kappa shape index (κ1) is 6.81. The summed E-state index contributed by atoms with van der Waals surface area (Å²) in [6, 6.07) is 1.57. The van der Waals surface area contributed by atoms with E-state index in [0.717, 1.165) is 5.69 Å². The predicted molar refractivity (Wildman–Crippen MR) is 36.3 cm³/mol. The van der Waals surface area contributed by atoms with Gasteiger partial charge in [-0.05, 0) is 6.92 Å². The molecule has 1 aromatic rings. The minimum atomic E-state index is -0.207. The zero-order chi connectivity index (χ0) is 7.56. The maximum Gasteiger partial charge on any atom is 0.280 e. The van der Waals surface area contributed by atoms with Crippen molar-refractivity contribution in [1.29, 1.82) is 0 Å². The van der Waals surface area contributed by atoms with Crippen molar-refractivity contribution in [3.8, 4) is 0 Å². The van der Waals surface area contributed by atoms with Crippen molar-refractivity contribution in [3.05, 3.63) is 28.9 Å². The van der Waals surface area contributed by atoms with Crippen LogP contribution in [0, 0.1) is 13.5 Å². The Morgan fingerprint density at radius 1 is 1.80 bits per heavy atom. The fraction of sp³-hybridized carbons (Fsp3) is 0.429. The molecule has 0 aliphatic carbocycles. The van der Waals surface area contributed by atoms with Crippen molar-refractivity contribution in [2.45, 2.75) is 19.9 Å². The van der Waals surface area contributed by atoms with Crippen LogP contribution in [0.2, 0.25) is 0 Å². The van der Waals surface area contributed by atoms with Crippen LogP contribution in [0.4, 0.5) is 0 Å². The molecule has 52 valence electrons. The highest BCUT2D eigenvalue weighted by Gasteiger charge is 2.13. The topological polar surface area (TPSA) is 30.4 Å². The maximum absolute atomic E-state index is 6.69. The Hall–Kier alpha value is -1.30. The standard InChI is InChI=1S/C7H8N2O/c1-5-4-7(10-9-5)6(2)8-3/h4,6H,1-2H3. The van der Waals surface area contributed by atoms with E-state index in [1.807, 2.05) is 6.92 Å². The van der Waals surface area contributed by atoms with Crippen LogP contribution in [0.3, 0.4) is 0 Å². The first-order valence-corrected chi connectivity index (χ1v) is 3.04. The highest BCUT2D eigenvalue weighted by molar-refractivity contribution is 5.09. The third kappa shape index (κ3) is 1.16. The summed E-state index contributed by atoms with van der Waals surface area (Å²) in [5.74, 6) is 0.646. The quantitative estimate of drug-likeness (QED) is 0.552. The van der Waals surface area contributed by atoms with Gasteiger partial charge in [-0.2, -0.15) is 0 Å². The van der Waals surface area contributed by atoms with Crippen molar-refractivity contribution < 1.29 is 4.52 Å². The van der Waals surface area contributed by atoms with E-state index in [1.54, 1.807) is 13.0 Å². The molecule has 0 radical (unpaired) electrons. The molecule has 0 bridgehead atoms. The zero-order valence-electron chi connectivity index (χ0n) is 5.96. The summed E-state index contributed by atoms with van der Waals surface area (Å²) in [5, 5.41) is 3.67. The number of hydrogen-bond acceptors (Lipinski definition) is 2. The largest absolute Gasteiger partial charge is 0.353 e. The molecule has 0 N–H and O–H groups in total. The highest BCUT2D eigenvalue weighted by Crippen LogP contribution is 2.16. The van der Waals surface area contributed by atoms with Crippen molar-refractivity contribution in [1.82, 2.24) is 5.16 Å². The molecular weight excluding hydrogens is 128 g/mol. The summed E-state index contributed by atoms with van der Waals surface area (Å²) in [6.07, 6.45) is 0. The van der Waals surface area contributed by atoms with E-state index in [0.29, 0.717) is 5.76 Å². The van der Waals surface area contributed by atoms with Gasteiger partial charge in [-0.1, -0.05) is 5.16 Å². The molecule has 0 saturated heterocycles. The Morgan fingerprint density at radius 3 is 2.90 bits per heavy atom. The third-order valence-electron chi connectivity index (χ3n) is 1.25. The first-order chi connectivity index (χ1) is 4.74. The molecule has 0 amide bonds. The van der Waals surface area contributed by atoms with Crippen LogP contribution in [0.5, 0.6) is 0 Å². The SMILES string of the molecule is [C-]#[N+]C(C)c1cc(C)no1. The van der Waals surface area contributed by atoms with Crippen LogP contribution in [0.15, 0.2) is 10.6 Å². The van der Waals surface area contributed by atoms with E-state index in [-0.39, 0.29) is 6.04 Å². The molecule has 1 unspecified atom stereocenters. The molecule has 3 heteroatoms. The van der Waals surface area contributed by atoms with E-state index in [1.165, 1.54) is 0 Å². The van der Waals surface area contributed by atoms with Gasteiger partial charge in [0.15, 0.2) is 0 Å². The average molecular weight is 136 g/mol.